The van der Waals surface area contributed by atoms with Gasteiger partial charge in [0.15, 0.2) is 20.5 Å². The van der Waals surface area contributed by atoms with Crippen molar-refractivity contribution in [2.75, 3.05) is 6.26 Å². The molecule has 0 atom stereocenters. The normalized spacial score (nSPS) is 12.1. The Morgan fingerprint density at radius 2 is 1.76 bits per heavy atom. The summed E-state index contributed by atoms with van der Waals surface area (Å²) in [5.74, 6) is -1.54. The van der Waals surface area contributed by atoms with Gasteiger partial charge in [0.1, 0.15) is 15.7 Å². The number of benzene rings is 2. The Balaban J connectivity index is 1.92. The van der Waals surface area contributed by atoms with Gasteiger partial charge in [-0.25, -0.2) is 17.9 Å². The molecule has 2 heterocycles. The molecule has 8 nitrogen and oxygen atoms in total. The first kappa shape index (κ1) is 23.9. The van der Waals surface area contributed by atoms with Crippen molar-refractivity contribution in [3.63, 3.8) is 0 Å². The molecule has 176 valence electrons. The van der Waals surface area contributed by atoms with Gasteiger partial charge in [0.2, 0.25) is 0 Å². The Bertz CT molecular complexity index is 1530. The van der Waals surface area contributed by atoms with Crippen LogP contribution in [0.2, 0.25) is 5.02 Å². The lowest BCUT2D eigenvalue weighted by Gasteiger charge is -2.13. The standard InChI is InChI=1S/C20H12ClF3N4O4S2/c1-34(31,32)11-6-4-5-10(9-11)17-25-26-18(33-17)16-14(21)15(19(29)30)27-28(16)13-8-3-2-7-12(13)20(22,23)24/h2-9H,1H3,(H,29,30). The number of sulfone groups is 1. The van der Waals surface area contributed by atoms with Gasteiger partial charge in [-0.05, 0) is 24.3 Å². The predicted octanol–water partition coefficient (Wildman–Crippen LogP) is 4.83. The SMILES string of the molecule is CS(=O)(=O)c1cccc(-c2nnc(-c3c(Cl)c(C(=O)O)nn3-c3ccccc3C(F)(F)F)s2)c1. The zero-order valence-corrected chi connectivity index (χ0v) is 19.3. The fourth-order valence-corrected chi connectivity index (χ4v) is 4.98. The number of aromatic carboxylic acids is 1. The molecule has 0 fully saturated rings. The van der Waals surface area contributed by atoms with Crippen molar-refractivity contribution in [1.82, 2.24) is 20.0 Å². The van der Waals surface area contributed by atoms with E-state index >= 15 is 0 Å². The number of carboxylic acids is 1. The first-order valence-corrected chi connectivity index (χ1v) is 12.3. The van der Waals surface area contributed by atoms with Crippen molar-refractivity contribution in [2.24, 2.45) is 0 Å². The van der Waals surface area contributed by atoms with E-state index in [1.165, 1.54) is 30.3 Å². The van der Waals surface area contributed by atoms with E-state index in [-0.39, 0.29) is 20.6 Å². The molecule has 1 N–H and O–H groups in total. The Morgan fingerprint density at radius 3 is 2.41 bits per heavy atom. The van der Waals surface area contributed by atoms with Gasteiger partial charge in [0.05, 0.1) is 16.1 Å². The fourth-order valence-electron chi connectivity index (χ4n) is 3.09. The summed E-state index contributed by atoms with van der Waals surface area (Å²) in [5, 5.41) is 21.0. The lowest BCUT2D eigenvalue weighted by atomic mass is 10.1. The first-order valence-electron chi connectivity index (χ1n) is 9.20. The summed E-state index contributed by atoms with van der Waals surface area (Å²) in [6.07, 6.45) is -3.71. The molecular formula is C20H12ClF3N4O4S2. The van der Waals surface area contributed by atoms with E-state index in [9.17, 15) is 31.5 Å². The molecule has 4 aromatic rings. The van der Waals surface area contributed by atoms with Crippen molar-refractivity contribution in [1.29, 1.82) is 0 Å². The number of hydrogen-bond donors (Lipinski definition) is 1. The lowest BCUT2D eigenvalue weighted by molar-refractivity contribution is -0.137. The smallest absolute Gasteiger partial charge is 0.418 e. The number of para-hydroxylation sites is 1. The number of carboxylic acid groups (broad SMARTS) is 1. The molecule has 0 unspecified atom stereocenters. The molecule has 0 spiro atoms. The molecular weight excluding hydrogens is 517 g/mol. The van der Waals surface area contributed by atoms with Gasteiger partial charge in [-0.3, -0.25) is 0 Å². The van der Waals surface area contributed by atoms with Gasteiger partial charge in [-0.1, -0.05) is 47.2 Å². The summed E-state index contributed by atoms with van der Waals surface area (Å²) in [7, 11) is -3.50. The van der Waals surface area contributed by atoms with Gasteiger partial charge in [0.25, 0.3) is 0 Å². The topological polar surface area (TPSA) is 115 Å². The van der Waals surface area contributed by atoms with E-state index in [0.717, 1.165) is 34.4 Å². The van der Waals surface area contributed by atoms with Crippen molar-refractivity contribution in [3.05, 3.63) is 64.8 Å². The van der Waals surface area contributed by atoms with Gasteiger partial charge in [0, 0.05) is 11.8 Å². The lowest BCUT2D eigenvalue weighted by Crippen LogP contribution is -2.12. The predicted molar refractivity (Wildman–Crippen MR) is 118 cm³/mol. The summed E-state index contributed by atoms with van der Waals surface area (Å²) in [5.41, 5.74) is -1.97. The van der Waals surface area contributed by atoms with Gasteiger partial charge >= 0.3 is 12.1 Å². The number of hydrogen-bond acceptors (Lipinski definition) is 7. The number of carbonyl (C=O) groups is 1. The number of alkyl halides is 3. The van der Waals surface area contributed by atoms with Crippen molar-refractivity contribution < 1.29 is 31.5 Å². The van der Waals surface area contributed by atoms with Crippen LogP contribution in [0.4, 0.5) is 13.2 Å². The van der Waals surface area contributed by atoms with E-state index < -0.39 is 44.0 Å². The van der Waals surface area contributed by atoms with Crippen molar-refractivity contribution in [2.45, 2.75) is 11.1 Å². The van der Waals surface area contributed by atoms with Gasteiger partial charge < -0.3 is 5.11 Å². The molecule has 34 heavy (non-hydrogen) atoms. The highest BCUT2D eigenvalue weighted by Crippen LogP contribution is 2.40. The van der Waals surface area contributed by atoms with E-state index in [1.807, 2.05) is 0 Å². The molecule has 0 aliphatic rings. The van der Waals surface area contributed by atoms with E-state index in [0.29, 0.717) is 5.56 Å². The first-order chi connectivity index (χ1) is 15.9. The highest BCUT2D eigenvalue weighted by Gasteiger charge is 2.36. The number of nitrogens with zero attached hydrogens (tertiary/aromatic N) is 4. The van der Waals surface area contributed by atoms with Crippen LogP contribution >= 0.6 is 22.9 Å². The second-order valence-corrected chi connectivity index (χ2v) is 10.3. The molecule has 0 saturated heterocycles. The van der Waals surface area contributed by atoms with Crippen LogP contribution in [-0.2, 0) is 16.0 Å². The van der Waals surface area contributed by atoms with Crippen molar-refractivity contribution >= 4 is 38.7 Å². The number of halogens is 4. The summed E-state index contributed by atoms with van der Waals surface area (Å²) >= 11 is 7.11. The van der Waals surface area contributed by atoms with Crippen LogP contribution in [-0.4, -0.2) is 45.7 Å². The molecule has 2 aromatic carbocycles. The number of aromatic nitrogens is 4. The minimum Gasteiger partial charge on any atom is -0.476 e. The Hall–Kier alpha value is -3.29. The second kappa shape index (κ2) is 8.49. The third-order valence-electron chi connectivity index (χ3n) is 4.60. The monoisotopic (exact) mass is 528 g/mol. The highest BCUT2D eigenvalue weighted by atomic mass is 35.5. The summed E-state index contributed by atoms with van der Waals surface area (Å²) in [6, 6.07) is 10.3. The summed E-state index contributed by atoms with van der Waals surface area (Å²) in [4.78, 5) is 11.7. The van der Waals surface area contributed by atoms with Crippen molar-refractivity contribution in [3.8, 4) is 27.0 Å². The van der Waals surface area contributed by atoms with Crippen LogP contribution in [0.3, 0.4) is 0 Å². The molecule has 0 saturated carbocycles. The van der Waals surface area contributed by atoms with Crippen LogP contribution in [0.1, 0.15) is 16.1 Å². The van der Waals surface area contributed by atoms with Crippen LogP contribution in [0, 0.1) is 0 Å². The zero-order valence-electron chi connectivity index (χ0n) is 16.9. The molecule has 0 bridgehead atoms. The molecule has 0 aliphatic carbocycles. The molecule has 4 rings (SSSR count). The maximum Gasteiger partial charge on any atom is 0.418 e. The number of rotatable bonds is 5. The van der Waals surface area contributed by atoms with Crippen LogP contribution < -0.4 is 0 Å². The maximum absolute atomic E-state index is 13.6. The Kier molecular flexibility index (Phi) is 5.96. The zero-order chi connectivity index (χ0) is 24.8. The summed E-state index contributed by atoms with van der Waals surface area (Å²) < 4.78 is 65.4. The van der Waals surface area contributed by atoms with Crippen LogP contribution in [0.5, 0.6) is 0 Å². The van der Waals surface area contributed by atoms with Crippen LogP contribution in [0.15, 0.2) is 53.4 Å². The van der Waals surface area contributed by atoms with E-state index in [1.54, 1.807) is 6.07 Å². The van der Waals surface area contributed by atoms with E-state index in [4.69, 9.17) is 11.6 Å². The molecule has 0 aliphatic heterocycles. The third-order valence-corrected chi connectivity index (χ3v) is 7.05. The minimum absolute atomic E-state index is 0.0123. The quantitative estimate of drug-likeness (QED) is 0.394. The maximum atomic E-state index is 13.6. The van der Waals surface area contributed by atoms with Gasteiger partial charge in [-0.2, -0.15) is 18.3 Å². The Labute approximate surface area is 199 Å². The molecule has 2 aromatic heterocycles. The average Bonchev–Trinajstić information content (AvgIpc) is 3.37. The fraction of sp³-hybridized carbons (Fsp3) is 0.100. The third kappa shape index (κ3) is 4.41. The molecule has 0 amide bonds. The average molecular weight is 529 g/mol. The largest absolute Gasteiger partial charge is 0.476 e. The van der Waals surface area contributed by atoms with Crippen LogP contribution in [0.25, 0.3) is 27.0 Å². The molecule has 14 heteroatoms. The highest BCUT2D eigenvalue weighted by molar-refractivity contribution is 7.90. The molecule has 0 radical (unpaired) electrons. The summed E-state index contributed by atoms with van der Waals surface area (Å²) in [6.45, 7) is 0. The van der Waals surface area contributed by atoms with Gasteiger partial charge in [-0.15, -0.1) is 10.2 Å². The van der Waals surface area contributed by atoms with E-state index in [2.05, 4.69) is 15.3 Å². The minimum atomic E-state index is -4.76. The second-order valence-electron chi connectivity index (χ2n) is 6.96. The Morgan fingerprint density at radius 1 is 1.09 bits per heavy atom.